The fourth-order valence-electron chi connectivity index (χ4n) is 6.47. The largest absolute Gasteiger partial charge is 0.480 e. The Hall–Kier alpha value is -2.83. The van der Waals surface area contributed by atoms with E-state index in [0.717, 1.165) is 44.2 Å². The average molecular weight is 466 g/mol. The highest BCUT2D eigenvalue weighted by molar-refractivity contribution is 5.89. The Balaban J connectivity index is 1.30. The highest BCUT2D eigenvalue weighted by atomic mass is 16.4. The molecule has 2 heterocycles. The maximum atomic E-state index is 13.6. The topological polar surface area (TPSA) is 102 Å². The van der Waals surface area contributed by atoms with Crippen molar-refractivity contribution in [3.8, 4) is 0 Å². The van der Waals surface area contributed by atoms with Crippen molar-refractivity contribution in [1.29, 1.82) is 0 Å². The number of nitrogens with one attached hydrogen (secondary N) is 2. The smallest absolute Gasteiger partial charge is 0.322 e. The van der Waals surface area contributed by atoms with Crippen molar-refractivity contribution in [3.63, 3.8) is 0 Å². The number of H-pyrrole nitrogens is 1. The number of aliphatic carboxylic acids is 1. The van der Waals surface area contributed by atoms with Gasteiger partial charge in [-0.05, 0) is 73.5 Å². The van der Waals surface area contributed by atoms with Gasteiger partial charge in [0.15, 0.2) is 0 Å². The molecule has 4 atom stereocenters. The summed E-state index contributed by atoms with van der Waals surface area (Å²) in [4.78, 5) is 42.6. The van der Waals surface area contributed by atoms with Crippen molar-refractivity contribution in [3.05, 3.63) is 35.5 Å². The minimum atomic E-state index is -1.03. The number of piperidine rings is 1. The van der Waals surface area contributed by atoms with Gasteiger partial charge in [-0.3, -0.25) is 14.4 Å². The van der Waals surface area contributed by atoms with Gasteiger partial charge in [0, 0.05) is 42.0 Å². The number of fused-ring (bicyclic) bond motifs is 2. The molecule has 34 heavy (non-hydrogen) atoms. The van der Waals surface area contributed by atoms with Crippen LogP contribution >= 0.6 is 0 Å². The predicted octanol–water partition coefficient (Wildman–Crippen LogP) is 4.15. The molecule has 5 rings (SSSR count). The number of aromatic nitrogens is 1. The third kappa shape index (κ3) is 4.44. The summed E-state index contributed by atoms with van der Waals surface area (Å²) in [6, 6.07) is 6.55. The van der Waals surface area contributed by atoms with Crippen LogP contribution in [-0.2, 0) is 14.4 Å². The molecule has 2 aliphatic carbocycles. The molecule has 3 N–H and O–H groups in total. The molecule has 2 saturated carbocycles. The van der Waals surface area contributed by atoms with Gasteiger partial charge in [-0.25, -0.2) is 0 Å². The SMILES string of the molecule is CC(CC(=O)N1CCCC2C(C(=O)NCC(=O)O)CCCC21)c1c[nH]c2cccc(C3CC3)c12. The van der Waals surface area contributed by atoms with Crippen LogP contribution in [0.15, 0.2) is 24.4 Å². The Kier molecular flexibility index (Phi) is 6.36. The second-order valence-corrected chi connectivity index (χ2v) is 10.5. The normalized spacial score (nSPS) is 25.6. The first-order valence-electron chi connectivity index (χ1n) is 12.8. The standard InChI is InChI=1S/C27H35N3O4/c1-16(21-14-28-22-8-2-5-18(26(21)22)17-10-11-17)13-24(31)30-12-4-7-19-20(6-3-9-23(19)30)27(34)29-15-25(32)33/h2,5,8,14,16-17,19-20,23,28H,3-4,6-7,9-13,15H2,1H3,(H,29,34)(H,32,33). The molecule has 1 aromatic heterocycles. The molecule has 7 heteroatoms. The van der Waals surface area contributed by atoms with E-state index in [0.29, 0.717) is 12.3 Å². The summed E-state index contributed by atoms with van der Waals surface area (Å²) in [6.45, 7) is 2.55. The van der Waals surface area contributed by atoms with E-state index < -0.39 is 5.97 Å². The number of benzene rings is 1. The van der Waals surface area contributed by atoms with E-state index in [4.69, 9.17) is 5.11 Å². The molecule has 1 saturated heterocycles. The summed E-state index contributed by atoms with van der Waals surface area (Å²) in [6.07, 6.45) is 9.42. The van der Waals surface area contributed by atoms with Crippen LogP contribution in [0.4, 0.5) is 0 Å². The highest BCUT2D eigenvalue weighted by Gasteiger charge is 2.43. The lowest BCUT2D eigenvalue weighted by Crippen LogP contribution is -2.54. The van der Waals surface area contributed by atoms with E-state index in [-0.39, 0.29) is 42.2 Å². The van der Waals surface area contributed by atoms with Crippen molar-refractivity contribution in [2.75, 3.05) is 13.1 Å². The molecule has 1 aromatic carbocycles. The first-order valence-corrected chi connectivity index (χ1v) is 12.8. The van der Waals surface area contributed by atoms with Gasteiger partial charge < -0.3 is 20.3 Å². The third-order valence-electron chi connectivity index (χ3n) is 8.23. The number of amides is 2. The van der Waals surface area contributed by atoms with Crippen LogP contribution in [0.5, 0.6) is 0 Å². The minimum Gasteiger partial charge on any atom is -0.480 e. The number of likely N-dealkylation sites (tertiary alicyclic amines) is 1. The number of nitrogens with zero attached hydrogens (tertiary/aromatic N) is 1. The zero-order valence-electron chi connectivity index (χ0n) is 19.9. The predicted molar refractivity (Wildman–Crippen MR) is 130 cm³/mol. The average Bonchev–Trinajstić information content (AvgIpc) is 3.59. The molecular weight excluding hydrogens is 430 g/mol. The fraction of sp³-hybridized carbons (Fsp3) is 0.593. The summed E-state index contributed by atoms with van der Waals surface area (Å²) in [7, 11) is 0. The van der Waals surface area contributed by atoms with Gasteiger partial charge >= 0.3 is 5.97 Å². The summed E-state index contributed by atoms with van der Waals surface area (Å²) in [5.41, 5.74) is 3.79. The first-order chi connectivity index (χ1) is 16.4. The van der Waals surface area contributed by atoms with Crippen molar-refractivity contribution >= 4 is 28.7 Å². The Labute approximate surface area is 200 Å². The van der Waals surface area contributed by atoms with Crippen molar-refractivity contribution < 1.29 is 19.5 Å². The van der Waals surface area contributed by atoms with Gasteiger partial charge in [0.05, 0.1) is 0 Å². The van der Waals surface area contributed by atoms with E-state index in [1.807, 2.05) is 4.90 Å². The summed E-state index contributed by atoms with van der Waals surface area (Å²) in [5.74, 6) is -0.364. The van der Waals surface area contributed by atoms with Gasteiger partial charge in [-0.1, -0.05) is 25.5 Å². The molecular formula is C27H35N3O4. The molecule has 7 nitrogen and oxygen atoms in total. The lowest BCUT2D eigenvalue weighted by Gasteiger charge is -2.47. The minimum absolute atomic E-state index is 0.0766. The quantitative estimate of drug-likeness (QED) is 0.572. The van der Waals surface area contributed by atoms with Crippen LogP contribution in [0, 0.1) is 11.8 Å². The van der Waals surface area contributed by atoms with Gasteiger partial charge in [0.25, 0.3) is 0 Å². The Morgan fingerprint density at radius 1 is 1.15 bits per heavy atom. The first kappa shape index (κ1) is 22.9. The van der Waals surface area contributed by atoms with Crippen molar-refractivity contribution in [2.45, 2.75) is 76.2 Å². The monoisotopic (exact) mass is 465 g/mol. The van der Waals surface area contributed by atoms with Crippen LogP contribution in [0.3, 0.4) is 0 Å². The van der Waals surface area contributed by atoms with E-state index in [1.165, 1.54) is 29.4 Å². The Morgan fingerprint density at radius 2 is 1.97 bits per heavy atom. The van der Waals surface area contributed by atoms with Crippen LogP contribution in [-0.4, -0.2) is 51.9 Å². The number of carboxylic acids is 1. The zero-order valence-corrected chi connectivity index (χ0v) is 19.9. The molecule has 2 amide bonds. The number of carboxylic acid groups (broad SMARTS) is 1. The van der Waals surface area contributed by atoms with Gasteiger partial charge in [-0.15, -0.1) is 0 Å². The second-order valence-electron chi connectivity index (χ2n) is 10.5. The van der Waals surface area contributed by atoms with E-state index in [1.54, 1.807) is 0 Å². The van der Waals surface area contributed by atoms with Gasteiger partial charge in [0.1, 0.15) is 6.54 Å². The number of carbonyl (C=O) groups excluding carboxylic acids is 2. The molecule has 3 fully saturated rings. The lowest BCUT2D eigenvalue weighted by molar-refractivity contribution is -0.144. The van der Waals surface area contributed by atoms with E-state index in [9.17, 15) is 14.4 Å². The summed E-state index contributed by atoms with van der Waals surface area (Å²) < 4.78 is 0. The molecule has 0 spiro atoms. The van der Waals surface area contributed by atoms with Crippen LogP contribution in [0.2, 0.25) is 0 Å². The van der Waals surface area contributed by atoms with Crippen LogP contribution in [0.1, 0.15) is 81.3 Å². The van der Waals surface area contributed by atoms with E-state index >= 15 is 0 Å². The number of carbonyl (C=O) groups is 3. The van der Waals surface area contributed by atoms with Gasteiger partial charge in [0.2, 0.25) is 11.8 Å². The number of rotatable bonds is 7. The summed E-state index contributed by atoms with van der Waals surface area (Å²) in [5, 5.41) is 12.8. The maximum absolute atomic E-state index is 13.6. The van der Waals surface area contributed by atoms with Crippen molar-refractivity contribution in [2.24, 2.45) is 11.8 Å². The molecule has 0 radical (unpaired) electrons. The van der Waals surface area contributed by atoms with Crippen LogP contribution in [0.25, 0.3) is 10.9 Å². The Bertz CT molecular complexity index is 1090. The molecule has 2 aromatic rings. The molecule has 0 bridgehead atoms. The highest BCUT2D eigenvalue weighted by Crippen LogP contribution is 2.45. The van der Waals surface area contributed by atoms with Crippen molar-refractivity contribution in [1.82, 2.24) is 15.2 Å². The molecule has 4 unspecified atom stereocenters. The van der Waals surface area contributed by atoms with Crippen LogP contribution < -0.4 is 5.32 Å². The third-order valence-corrected chi connectivity index (χ3v) is 8.23. The van der Waals surface area contributed by atoms with E-state index in [2.05, 4.69) is 41.6 Å². The molecule has 3 aliphatic rings. The second kappa shape index (κ2) is 9.43. The molecule has 182 valence electrons. The number of hydrogen-bond donors (Lipinski definition) is 3. The Morgan fingerprint density at radius 3 is 2.74 bits per heavy atom. The maximum Gasteiger partial charge on any atom is 0.322 e. The summed E-state index contributed by atoms with van der Waals surface area (Å²) >= 11 is 0. The lowest BCUT2D eigenvalue weighted by atomic mass is 9.70. The fourth-order valence-corrected chi connectivity index (χ4v) is 6.47. The molecule has 1 aliphatic heterocycles. The zero-order chi connectivity index (χ0) is 23.8. The number of aromatic amines is 1. The number of hydrogen-bond acceptors (Lipinski definition) is 3. The van der Waals surface area contributed by atoms with Gasteiger partial charge in [-0.2, -0.15) is 0 Å².